The highest BCUT2D eigenvalue weighted by Gasteiger charge is 2.07. The molecule has 9 heteroatoms. The molecule has 0 spiro atoms. The van der Waals surface area contributed by atoms with Gasteiger partial charge < -0.3 is 25.8 Å². The Labute approximate surface area is 180 Å². The van der Waals surface area contributed by atoms with Gasteiger partial charge in [0.1, 0.15) is 0 Å². The van der Waals surface area contributed by atoms with Gasteiger partial charge in [-0.05, 0) is 42.3 Å². The molecule has 0 saturated heterocycles. The second kappa shape index (κ2) is 11.4. The molecule has 156 valence electrons. The van der Waals surface area contributed by atoms with Crippen LogP contribution in [0.4, 0.5) is 0 Å². The lowest BCUT2D eigenvalue weighted by Gasteiger charge is -2.09. The molecular formula is C20H24Cl2N4O3. The molecule has 7 nitrogen and oxygen atoms in total. The maximum absolute atomic E-state index is 12.1. The highest BCUT2D eigenvalue weighted by molar-refractivity contribution is 6.42. The van der Waals surface area contributed by atoms with E-state index in [1.54, 1.807) is 26.4 Å². The maximum atomic E-state index is 12.1. The Morgan fingerprint density at radius 1 is 1.00 bits per heavy atom. The van der Waals surface area contributed by atoms with Gasteiger partial charge in [0.05, 0.1) is 24.3 Å². The van der Waals surface area contributed by atoms with Crippen LogP contribution in [0.5, 0.6) is 11.5 Å². The molecule has 2 aromatic rings. The fourth-order valence-corrected chi connectivity index (χ4v) is 2.80. The first-order valence-electron chi connectivity index (χ1n) is 8.92. The van der Waals surface area contributed by atoms with Crippen LogP contribution in [0.25, 0.3) is 0 Å². The van der Waals surface area contributed by atoms with Gasteiger partial charge in [0, 0.05) is 25.2 Å². The van der Waals surface area contributed by atoms with Crippen molar-refractivity contribution < 1.29 is 14.3 Å². The molecule has 0 bridgehead atoms. The van der Waals surface area contributed by atoms with Gasteiger partial charge in [0.2, 0.25) is 0 Å². The first-order valence-corrected chi connectivity index (χ1v) is 9.68. The lowest BCUT2D eigenvalue weighted by molar-refractivity contribution is 0.0954. The van der Waals surface area contributed by atoms with Crippen LogP contribution in [0.15, 0.2) is 41.4 Å². The molecule has 29 heavy (non-hydrogen) atoms. The SMILES string of the molecule is COc1ccc(CCN=C(N)NCCNC(=O)c2ccc(Cl)c(Cl)c2)cc1OC. The summed E-state index contributed by atoms with van der Waals surface area (Å²) in [6.45, 7) is 1.34. The van der Waals surface area contributed by atoms with Crippen molar-refractivity contribution in [3.8, 4) is 11.5 Å². The van der Waals surface area contributed by atoms with Gasteiger partial charge >= 0.3 is 0 Å². The second-order valence-electron chi connectivity index (χ2n) is 6.02. The highest BCUT2D eigenvalue weighted by Crippen LogP contribution is 2.27. The molecule has 0 fully saturated rings. The van der Waals surface area contributed by atoms with Crippen LogP contribution in [0.3, 0.4) is 0 Å². The molecule has 0 unspecified atom stereocenters. The fourth-order valence-electron chi connectivity index (χ4n) is 2.50. The standard InChI is InChI=1S/C20H24Cl2N4O3/c1-28-17-6-3-13(11-18(17)29-2)7-8-25-20(23)26-10-9-24-19(27)14-4-5-15(21)16(22)12-14/h3-6,11-12H,7-10H2,1-2H3,(H,24,27)(H3,23,25,26). The summed E-state index contributed by atoms with van der Waals surface area (Å²) < 4.78 is 10.5. The molecule has 1 amide bonds. The number of carbonyl (C=O) groups excluding carboxylic acids is 1. The van der Waals surface area contributed by atoms with Gasteiger partial charge in [-0.3, -0.25) is 9.79 Å². The zero-order valence-corrected chi connectivity index (χ0v) is 17.8. The second-order valence-corrected chi connectivity index (χ2v) is 6.83. The smallest absolute Gasteiger partial charge is 0.251 e. The first-order chi connectivity index (χ1) is 13.9. The number of nitrogens with two attached hydrogens (primary N) is 1. The van der Waals surface area contributed by atoms with Gasteiger partial charge in [0.25, 0.3) is 5.91 Å². The third kappa shape index (κ3) is 7.03. The lowest BCUT2D eigenvalue weighted by atomic mass is 10.1. The largest absolute Gasteiger partial charge is 0.493 e. The molecule has 0 aliphatic rings. The van der Waals surface area contributed by atoms with E-state index in [0.717, 1.165) is 5.56 Å². The molecule has 0 saturated carbocycles. The van der Waals surface area contributed by atoms with Crippen molar-refractivity contribution in [1.82, 2.24) is 10.6 Å². The summed E-state index contributed by atoms with van der Waals surface area (Å²) in [7, 11) is 3.20. The summed E-state index contributed by atoms with van der Waals surface area (Å²) in [5.41, 5.74) is 7.36. The quantitative estimate of drug-likeness (QED) is 0.317. The van der Waals surface area contributed by atoms with Gasteiger partial charge in [0.15, 0.2) is 17.5 Å². The van der Waals surface area contributed by atoms with Crippen molar-refractivity contribution in [3.05, 3.63) is 57.6 Å². The van der Waals surface area contributed by atoms with Crippen LogP contribution in [0, 0.1) is 0 Å². The third-order valence-electron chi connectivity index (χ3n) is 4.03. The molecule has 0 atom stereocenters. The average Bonchev–Trinajstić information content (AvgIpc) is 2.72. The van der Waals surface area contributed by atoms with E-state index < -0.39 is 0 Å². The minimum atomic E-state index is -0.241. The van der Waals surface area contributed by atoms with E-state index in [2.05, 4.69) is 15.6 Å². The number of benzene rings is 2. The van der Waals surface area contributed by atoms with Crippen LogP contribution in [0.1, 0.15) is 15.9 Å². The molecular weight excluding hydrogens is 415 g/mol. The summed E-state index contributed by atoms with van der Waals surface area (Å²) >= 11 is 11.8. The average molecular weight is 439 g/mol. The number of amides is 1. The molecule has 2 aromatic carbocycles. The maximum Gasteiger partial charge on any atom is 0.251 e. The monoisotopic (exact) mass is 438 g/mol. The van der Waals surface area contributed by atoms with Crippen LogP contribution in [0.2, 0.25) is 10.0 Å². The van der Waals surface area contributed by atoms with E-state index in [1.807, 2.05) is 18.2 Å². The highest BCUT2D eigenvalue weighted by atomic mass is 35.5. The number of nitrogens with one attached hydrogen (secondary N) is 2. The number of hydrogen-bond donors (Lipinski definition) is 3. The van der Waals surface area contributed by atoms with E-state index in [-0.39, 0.29) is 5.91 Å². The van der Waals surface area contributed by atoms with Crippen molar-refractivity contribution in [2.24, 2.45) is 10.7 Å². The van der Waals surface area contributed by atoms with Crippen LogP contribution in [-0.2, 0) is 6.42 Å². The van der Waals surface area contributed by atoms with Gasteiger partial charge in [-0.25, -0.2) is 0 Å². The number of rotatable bonds is 9. The Bertz CT molecular complexity index is 875. The van der Waals surface area contributed by atoms with Crippen LogP contribution in [-0.4, -0.2) is 45.7 Å². The third-order valence-corrected chi connectivity index (χ3v) is 4.77. The first kappa shape index (κ1) is 22.6. The molecule has 2 rings (SSSR count). The van der Waals surface area contributed by atoms with E-state index in [9.17, 15) is 4.79 Å². The molecule has 4 N–H and O–H groups in total. The molecule has 0 aliphatic carbocycles. The summed E-state index contributed by atoms with van der Waals surface area (Å²) in [6.07, 6.45) is 0.705. The summed E-state index contributed by atoms with van der Waals surface area (Å²) in [5, 5.41) is 6.47. The number of nitrogens with zero attached hydrogens (tertiary/aromatic N) is 1. The lowest BCUT2D eigenvalue weighted by Crippen LogP contribution is -2.38. The molecule has 0 aliphatic heterocycles. The Morgan fingerprint density at radius 2 is 1.72 bits per heavy atom. The van der Waals surface area contributed by atoms with Crippen molar-refractivity contribution >= 4 is 35.1 Å². The number of carbonyl (C=O) groups is 1. The van der Waals surface area contributed by atoms with E-state index in [1.165, 1.54) is 6.07 Å². The Hall–Kier alpha value is -2.64. The summed E-state index contributed by atoms with van der Waals surface area (Å²) in [4.78, 5) is 16.3. The Balaban J connectivity index is 1.72. The summed E-state index contributed by atoms with van der Waals surface area (Å²) in [5.74, 6) is 1.44. The van der Waals surface area contributed by atoms with Gasteiger partial charge in [-0.15, -0.1) is 0 Å². The van der Waals surface area contributed by atoms with E-state index in [4.69, 9.17) is 38.4 Å². The number of ether oxygens (including phenoxy) is 2. The number of aliphatic imine (C=N–C) groups is 1. The van der Waals surface area contributed by atoms with E-state index in [0.29, 0.717) is 59.1 Å². The van der Waals surface area contributed by atoms with Crippen molar-refractivity contribution in [2.45, 2.75) is 6.42 Å². The Morgan fingerprint density at radius 3 is 2.41 bits per heavy atom. The van der Waals surface area contributed by atoms with Gasteiger partial charge in [-0.1, -0.05) is 29.3 Å². The topological polar surface area (TPSA) is 98.0 Å². The fraction of sp³-hybridized carbons (Fsp3) is 0.300. The molecule has 0 radical (unpaired) electrons. The van der Waals surface area contributed by atoms with Crippen molar-refractivity contribution in [1.29, 1.82) is 0 Å². The predicted molar refractivity (Wildman–Crippen MR) is 117 cm³/mol. The minimum Gasteiger partial charge on any atom is -0.493 e. The number of methoxy groups -OCH3 is 2. The molecule has 0 aromatic heterocycles. The Kier molecular flexibility index (Phi) is 8.89. The normalized spacial score (nSPS) is 11.1. The molecule has 0 heterocycles. The zero-order chi connectivity index (χ0) is 21.2. The van der Waals surface area contributed by atoms with Crippen molar-refractivity contribution in [2.75, 3.05) is 33.9 Å². The van der Waals surface area contributed by atoms with Gasteiger partial charge in [-0.2, -0.15) is 0 Å². The van der Waals surface area contributed by atoms with Crippen molar-refractivity contribution in [3.63, 3.8) is 0 Å². The summed E-state index contributed by atoms with van der Waals surface area (Å²) in [6, 6.07) is 10.4. The number of guanidine groups is 1. The predicted octanol–water partition coefficient (Wildman–Crippen LogP) is 2.89. The van der Waals surface area contributed by atoms with E-state index >= 15 is 0 Å². The van der Waals surface area contributed by atoms with Crippen LogP contribution < -0.4 is 25.8 Å². The minimum absolute atomic E-state index is 0.241. The van der Waals surface area contributed by atoms with Crippen LogP contribution >= 0.6 is 23.2 Å². The zero-order valence-electron chi connectivity index (χ0n) is 16.3. The number of hydrogen-bond acceptors (Lipinski definition) is 4. The number of halogens is 2.